The number of nitrogens with zero attached hydrogens (tertiary/aromatic N) is 2. The Hall–Kier alpha value is 0.140. The summed E-state index contributed by atoms with van der Waals surface area (Å²) in [5, 5.41) is 19.2. The minimum absolute atomic E-state index is 0. The van der Waals surface area contributed by atoms with E-state index < -0.39 is 46.9 Å². The molecule has 0 saturated heterocycles. The second-order valence-corrected chi connectivity index (χ2v) is 8.10. The van der Waals surface area contributed by atoms with Crippen molar-refractivity contribution in [1.82, 2.24) is 0 Å². The van der Waals surface area contributed by atoms with E-state index >= 15 is 0 Å². The van der Waals surface area contributed by atoms with E-state index in [-0.39, 0.29) is 94.1 Å². The third-order valence-electron chi connectivity index (χ3n) is 3.57. The van der Waals surface area contributed by atoms with E-state index in [0.717, 1.165) is 18.2 Å². The summed E-state index contributed by atoms with van der Waals surface area (Å²) in [5.74, 6) is -0.732. The molecule has 0 spiro atoms. The normalized spacial score (nSPS) is 11.4. The molecule has 3 aromatic carbocycles. The van der Waals surface area contributed by atoms with E-state index in [1.54, 1.807) is 30.3 Å². The van der Waals surface area contributed by atoms with Crippen LogP contribution in [0.15, 0.2) is 74.6 Å². The smallest absolute Gasteiger partial charge is 0.871 e. The maximum Gasteiger partial charge on any atom is 1.00 e. The van der Waals surface area contributed by atoms with E-state index in [4.69, 9.17) is 0 Å². The predicted octanol–water partition coefficient (Wildman–Crippen LogP) is -6.85. The van der Waals surface area contributed by atoms with Crippen molar-refractivity contribution >= 4 is 42.4 Å². The number of hydrogen-bond acceptors (Lipinski definition) is 9. The monoisotopic (exact) mass is 474 g/mol. The summed E-state index contributed by atoms with van der Waals surface area (Å²) in [5.41, 5.74) is -0.0974. The van der Waals surface area contributed by atoms with Crippen LogP contribution in [0.2, 0.25) is 0 Å². The van der Waals surface area contributed by atoms with Gasteiger partial charge in [-0.15, -0.1) is 0 Å². The summed E-state index contributed by atoms with van der Waals surface area (Å²) in [4.78, 5) is -1.94. The molecule has 0 radical (unpaired) electrons. The Morgan fingerprint density at radius 2 is 1.33 bits per heavy atom. The first-order chi connectivity index (χ1) is 12.6. The van der Waals surface area contributed by atoms with Gasteiger partial charge in [-0.2, -0.15) is 10.2 Å². The zero-order valence-electron chi connectivity index (χ0n) is 16.3. The van der Waals surface area contributed by atoms with Crippen molar-refractivity contribution in [2.45, 2.75) is 9.79 Å². The average Bonchev–Trinajstić information content (AvgIpc) is 2.59. The molecule has 0 saturated carbocycles. The van der Waals surface area contributed by atoms with Gasteiger partial charge < -0.3 is 14.2 Å². The van der Waals surface area contributed by atoms with Crippen LogP contribution >= 0.6 is 0 Å². The summed E-state index contributed by atoms with van der Waals surface area (Å²) in [6.45, 7) is 0. The predicted molar refractivity (Wildman–Crippen MR) is 89.9 cm³/mol. The molecule has 0 bridgehead atoms. The second-order valence-electron chi connectivity index (χ2n) is 5.38. The van der Waals surface area contributed by atoms with E-state index in [9.17, 15) is 31.0 Å². The standard InChI is InChI=1S/C16H12N2O7S2.3Na/c19-13-7-6-10-8-12(26(20,21)22)9-14(27(23,24)25)15(10)16(13)18-17-11-4-2-1-3-5-11;;;/h1-9,19H,(H,20,21,22)(H,23,24,25);;;/q;3*+1/p-3. The maximum atomic E-state index is 12.2. The number of rotatable bonds is 4. The van der Waals surface area contributed by atoms with Crippen LogP contribution in [-0.2, 0) is 20.2 Å². The fraction of sp³-hybridized carbons (Fsp3) is 0. The molecule has 0 amide bonds. The fourth-order valence-corrected chi connectivity index (χ4v) is 3.75. The first-order valence-electron chi connectivity index (χ1n) is 7.24. The van der Waals surface area contributed by atoms with Gasteiger partial charge in [0.25, 0.3) is 0 Å². The molecule has 3 aromatic rings. The molecule has 3 rings (SSSR count). The minimum atomic E-state index is -5.23. The molecule has 14 heteroatoms. The Morgan fingerprint density at radius 1 is 0.733 bits per heavy atom. The molecule has 140 valence electrons. The van der Waals surface area contributed by atoms with Crippen molar-refractivity contribution in [3.05, 3.63) is 54.6 Å². The number of fused-ring (bicyclic) bond motifs is 1. The van der Waals surface area contributed by atoms with E-state index in [0.29, 0.717) is 11.8 Å². The van der Waals surface area contributed by atoms with Gasteiger partial charge in [0.15, 0.2) is 0 Å². The van der Waals surface area contributed by atoms with Gasteiger partial charge in [0.1, 0.15) is 20.2 Å². The Kier molecular flexibility index (Phi) is 11.9. The molecule has 30 heavy (non-hydrogen) atoms. The maximum absolute atomic E-state index is 12.2. The molecule has 0 aromatic heterocycles. The van der Waals surface area contributed by atoms with Crippen molar-refractivity contribution in [3.63, 3.8) is 0 Å². The van der Waals surface area contributed by atoms with Crippen LogP contribution in [0.25, 0.3) is 10.8 Å². The summed E-state index contributed by atoms with van der Waals surface area (Å²) in [7, 11) is -10.3. The quantitative estimate of drug-likeness (QED) is 0.206. The van der Waals surface area contributed by atoms with Crippen LogP contribution in [0.4, 0.5) is 11.4 Å². The molecule has 0 unspecified atom stereocenters. The number of azo groups is 1. The topological polar surface area (TPSA) is 162 Å². The van der Waals surface area contributed by atoms with Crippen molar-refractivity contribution < 1.29 is 120 Å². The van der Waals surface area contributed by atoms with Gasteiger partial charge >= 0.3 is 88.7 Å². The van der Waals surface area contributed by atoms with Crippen LogP contribution in [0, 0.1) is 0 Å². The third kappa shape index (κ3) is 7.07. The van der Waals surface area contributed by atoms with Crippen molar-refractivity contribution in [2.24, 2.45) is 10.2 Å². The van der Waals surface area contributed by atoms with Gasteiger partial charge in [0.05, 0.1) is 21.2 Å². The molecule has 9 nitrogen and oxygen atoms in total. The molecule has 0 N–H and O–H groups in total. The largest absolute Gasteiger partial charge is 1.00 e. The Labute approximate surface area is 239 Å². The van der Waals surface area contributed by atoms with Crippen LogP contribution in [0.1, 0.15) is 0 Å². The van der Waals surface area contributed by atoms with Gasteiger partial charge in [-0.1, -0.05) is 36.1 Å². The molecular weight excluding hydrogens is 465 g/mol. The molecule has 0 heterocycles. The van der Waals surface area contributed by atoms with Crippen molar-refractivity contribution in [1.29, 1.82) is 0 Å². The SMILES string of the molecule is O=S(=O)([O-])c1cc(S(=O)(=O)[O-])c2c(N=Nc3ccccc3)c([O-])ccc2c1.[Na+].[Na+].[Na+]. The van der Waals surface area contributed by atoms with Gasteiger partial charge in [-0.3, -0.25) is 0 Å². The number of benzene rings is 3. The molecule has 0 fully saturated rings. The zero-order valence-corrected chi connectivity index (χ0v) is 23.9. The summed E-state index contributed by atoms with van der Waals surface area (Å²) in [6.07, 6.45) is 0. The molecule has 0 atom stereocenters. The summed E-state index contributed by atoms with van der Waals surface area (Å²) >= 11 is 0. The Balaban J connectivity index is 0.00000280. The number of hydrogen-bond donors (Lipinski definition) is 0. The second kappa shape index (κ2) is 11.8. The van der Waals surface area contributed by atoms with E-state index in [1.165, 1.54) is 0 Å². The minimum Gasteiger partial charge on any atom is -0.871 e. The average molecular weight is 474 g/mol. The van der Waals surface area contributed by atoms with Gasteiger partial charge in [-0.05, 0) is 29.7 Å². The van der Waals surface area contributed by atoms with Crippen LogP contribution in [-0.4, -0.2) is 25.9 Å². The molecular formula is C16H9N2Na3O7S2. The van der Waals surface area contributed by atoms with Gasteiger partial charge in [-0.25, -0.2) is 16.8 Å². The van der Waals surface area contributed by atoms with E-state index in [1.807, 2.05) is 0 Å². The molecule has 0 aliphatic carbocycles. The van der Waals surface area contributed by atoms with Crippen molar-refractivity contribution in [2.75, 3.05) is 0 Å². The first-order valence-corrected chi connectivity index (χ1v) is 10.1. The Bertz CT molecular complexity index is 1280. The summed E-state index contributed by atoms with van der Waals surface area (Å²) < 4.78 is 68.7. The van der Waals surface area contributed by atoms with Gasteiger partial charge in [0, 0.05) is 5.39 Å². The zero-order chi connectivity index (χ0) is 19.8. The van der Waals surface area contributed by atoms with Crippen molar-refractivity contribution in [3.8, 4) is 5.75 Å². The van der Waals surface area contributed by atoms with Crippen LogP contribution < -0.4 is 93.8 Å². The van der Waals surface area contributed by atoms with Gasteiger partial charge in [0.2, 0.25) is 0 Å². The molecule has 0 aliphatic heterocycles. The first kappa shape index (κ1) is 30.1. The van der Waals surface area contributed by atoms with Crippen LogP contribution in [0.3, 0.4) is 0 Å². The van der Waals surface area contributed by atoms with Crippen LogP contribution in [0.5, 0.6) is 5.75 Å². The third-order valence-corrected chi connectivity index (χ3v) is 5.24. The van der Waals surface area contributed by atoms with E-state index in [2.05, 4.69) is 10.2 Å². The Morgan fingerprint density at radius 3 is 1.87 bits per heavy atom. The fourth-order valence-electron chi connectivity index (χ4n) is 2.41. The summed E-state index contributed by atoms with van der Waals surface area (Å²) in [6, 6.07) is 11.6. The molecule has 0 aliphatic rings.